The summed E-state index contributed by atoms with van der Waals surface area (Å²) in [5, 5.41) is 3.04. The molecule has 1 aliphatic heterocycles. The maximum Gasteiger partial charge on any atom is 0.234 e. The first kappa shape index (κ1) is 12.7. The highest BCUT2D eigenvalue weighted by molar-refractivity contribution is 5.78. The van der Waals surface area contributed by atoms with Crippen LogP contribution in [0.2, 0.25) is 0 Å². The van der Waals surface area contributed by atoms with Gasteiger partial charge in [0.05, 0.1) is 19.4 Å². The van der Waals surface area contributed by atoms with Crippen molar-refractivity contribution in [3.05, 3.63) is 24.2 Å². The van der Waals surface area contributed by atoms with Crippen LogP contribution in [0.5, 0.6) is 0 Å². The molecule has 0 bridgehead atoms. The molecule has 5 heteroatoms. The zero-order valence-corrected chi connectivity index (χ0v) is 11.2. The van der Waals surface area contributed by atoms with Gasteiger partial charge in [-0.1, -0.05) is 0 Å². The highest BCUT2D eigenvalue weighted by Crippen LogP contribution is 2.18. The molecule has 1 saturated heterocycles. The van der Waals surface area contributed by atoms with Crippen molar-refractivity contribution in [1.29, 1.82) is 0 Å². The number of nitrogens with zero attached hydrogens (tertiary/aromatic N) is 2. The number of carbonyl (C=O) groups excluding carboxylic acids is 1. The molecule has 19 heavy (non-hydrogen) atoms. The van der Waals surface area contributed by atoms with E-state index in [-0.39, 0.29) is 5.91 Å². The van der Waals surface area contributed by atoms with Gasteiger partial charge in [-0.25, -0.2) is 0 Å². The lowest BCUT2D eigenvalue weighted by atomic mass is 10.3. The molecule has 1 aromatic heterocycles. The Kier molecular flexibility index (Phi) is 3.84. The van der Waals surface area contributed by atoms with Gasteiger partial charge >= 0.3 is 0 Å². The van der Waals surface area contributed by atoms with Crippen LogP contribution in [0.4, 0.5) is 0 Å². The summed E-state index contributed by atoms with van der Waals surface area (Å²) in [5.74, 6) is 1.20. The third-order valence-corrected chi connectivity index (χ3v) is 3.73. The van der Waals surface area contributed by atoms with Gasteiger partial charge in [-0.3, -0.25) is 14.6 Å². The molecule has 2 fully saturated rings. The number of carbonyl (C=O) groups is 1. The average Bonchev–Trinajstić information content (AvgIpc) is 3.05. The smallest absolute Gasteiger partial charge is 0.234 e. The van der Waals surface area contributed by atoms with E-state index in [4.69, 9.17) is 4.42 Å². The standard InChI is InChI=1S/C14H21N3O2/c18-14(15-12-3-4-12)11-17-7-5-16(6-8-17)10-13-2-1-9-19-13/h1-2,9,12H,3-8,10-11H2,(H,15,18). The van der Waals surface area contributed by atoms with E-state index < -0.39 is 0 Å². The molecule has 104 valence electrons. The van der Waals surface area contributed by atoms with Crippen molar-refractivity contribution < 1.29 is 9.21 Å². The molecule has 2 heterocycles. The van der Waals surface area contributed by atoms with Gasteiger partial charge in [-0.05, 0) is 25.0 Å². The Morgan fingerprint density at radius 1 is 1.26 bits per heavy atom. The summed E-state index contributed by atoms with van der Waals surface area (Å²) in [6, 6.07) is 4.40. The van der Waals surface area contributed by atoms with Crippen molar-refractivity contribution in [2.75, 3.05) is 32.7 Å². The predicted octanol–water partition coefficient (Wildman–Crippen LogP) is 0.676. The van der Waals surface area contributed by atoms with E-state index in [1.165, 1.54) is 0 Å². The highest BCUT2D eigenvalue weighted by Gasteiger charge is 2.25. The van der Waals surface area contributed by atoms with Gasteiger partial charge in [0.15, 0.2) is 0 Å². The van der Waals surface area contributed by atoms with Crippen LogP contribution >= 0.6 is 0 Å². The molecule has 0 radical (unpaired) electrons. The molecule has 0 spiro atoms. The molecule has 1 N–H and O–H groups in total. The minimum atomic E-state index is 0.182. The van der Waals surface area contributed by atoms with E-state index in [1.807, 2.05) is 12.1 Å². The van der Waals surface area contributed by atoms with Gasteiger partial charge in [-0.15, -0.1) is 0 Å². The Hall–Kier alpha value is -1.33. The van der Waals surface area contributed by atoms with Crippen molar-refractivity contribution in [1.82, 2.24) is 15.1 Å². The Bertz CT molecular complexity index is 406. The first-order valence-corrected chi connectivity index (χ1v) is 7.06. The number of hydrogen-bond acceptors (Lipinski definition) is 4. The van der Waals surface area contributed by atoms with Gasteiger partial charge in [0.2, 0.25) is 5.91 Å². The summed E-state index contributed by atoms with van der Waals surface area (Å²) in [7, 11) is 0. The minimum Gasteiger partial charge on any atom is -0.468 e. The molecule has 3 rings (SSSR count). The predicted molar refractivity (Wildman–Crippen MR) is 71.6 cm³/mol. The maximum atomic E-state index is 11.7. The van der Waals surface area contributed by atoms with Crippen molar-refractivity contribution >= 4 is 5.91 Å². The molecule has 2 aliphatic rings. The van der Waals surface area contributed by atoms with E-state index >= 15 is 0 Å². The van der Waals surface area contributed by atoms with Crippen LogP contribution in [0.1, 0.15) is 18.6 Å². The summed E-state index contributed by atoms with van der Waals surface area (Å²) in [6.45, 7) is 5.33. The van der Waals surface area contributed by atoms with E-state index in [1.54, 1.807) is 6.26 Å². The Morgan fingerprint density at radius 2 is 2.00 bits per heavy atom. The number of nitrogens with one attached hydrogen (secondary N) is 1. The fraction of sp³-hybridized carbons (Fsp3) is 0.643. The summed E-state index contributed by atoms with van der Waals surface area (Å²) in [6.07, 6.45) is 4.03. The van der Waals surface area contributed by atoms with Crippen LogP contribution < -0.4 is 5.32 Å². The number of piperazine rings is 1. The molecule has 1 aliphatic carbocycles. The second-order valence-electron chi connectivity index (χ2n) is 5.47. The van der Waals surface area contributed by atoms with Crippen LogP contribution in [-0.2, 0) is 11.3 Å². The summed E-state index contributed by atoms with van der Waals surface area (Å²) >= 11 is 0. The second-order valence-corrected chi connectivity index (χ2v) is 5.47. The van der Waals surface area contributed by atoms with E-state index in [9.17, 15) is 4.79 Å². The van der Waals surface area contributed by atoms with Gasteiger partial charge in [0.1, 0.15) is 5.76 Å². The zero-order valence-electron chi connectivity index (χ0n) is 11.2. The third kappa shape index (κ3) is 3.81. The number of rotatable bonds is 5. The van der Waals surface area contributed by atoms with Crippen LogP contribution in [0.25, 0.3) is 0 Å². The minimum absolute atomic E-state index is 0.182. The van der Waals surface area contributed by atoms with E-state index in [2.05, 4.69) is 15.1 Å². The van der Waals surface area contributed by atoms with Crippen LogP contribution in [-0.4, -0.2) is 54.5 Å². The lowest BCUT2D eigenvalue weighted by Crippen LogP contribution is -2.49. The van der Waals surface area contributed by atoms with Gasteiger partial charge in [0.25, 0.3) is 0 Å². The average molecular weight is 263 g/mol. The topological polar surface area (TPSA) is 48.7 Å². The van der Waals surface area contributed by atoms with Crippen molar-refractivity contribution in [3.63, 3.8) is 0 Å². The van der Waals surface area contributed by atoms with Crippen LogP contribution in [0.15, 0.2) is 22.8 Å². The number of furan rings is 1. The quantitative estimate of drug-likeness (QED) is 0.848. The first-order valence-electron chi connectivity index (χ1n) is 7.06. The molecule has 0 unspecified atom stereocenters. The molecule has 0 atom stereocenters. The van der Waals surface area contributed by atoms with Crippen molar-refractivity contribution in [2.45, 2.75) is 25.4 Å². The molecular weight excluding hydrogens is 242 g/mol. The molecular formula is C14H21N3O2. The summed E-state index contributed by atoms with van der Waals surface area (Å²) < 4.78 is 5.36. The molecule has 1 amide bonds. The van der Waals surface area contributed by atoms with E-state index in [0.29, 0.717) is 12.6 Å². The lowest BCUT2D eigenvalue weighted by molar-refractivity contribution is -0.122. The Labute approximate surface area is 113 Å². The SMILES string of the molecule is O=C(CN1CCN(Cc2ccco2)CC1)NC1CC1. The highest BCUT2D eigenvalue weighted by atomic mass is 16.3. The number of amides is 1. The first-order chi connectivity index (χ1) is 9.29. The van der Waals surface area contributed by atoms with E-state index in [0.717, 1.165) is 51.3 Å². The molecule has 1 saturated carbocycles. The fourth-order valence-electron chi connectivity index (χ4n) is 2.43. The Morgan fingerprint density at radius 3 is 2.63 bits per heavy atom. The summed E-state index contributed by atoms with van der Waals surface area (Å²) in [5.41, 5.74) is 0. The molecule has 5 nitrogen and oxygen atoms in total. The second kappa shape index (κ2) is 5.75. The van der Waals surface area contributed by atoms with Gasteiger partial charge in [-0.2, -0.15) is 0 Å². The van der Waals surface area contributed by atoms with Gasteiger partial charge in [0, 0.05) is 32.2 Å². The fourth-order valence-corrected chi connectivity index (χ4v) is 2.43. The zero-order chi connectivity index (χ0) is 13.1. The molecule has 1 aromatic rings. The van der Waals surface area contributed by atoms with Crippen molar-refractivity contribution in [3.8, 4) is 0 Å². The van der Waals surface area contributed by atoms with Gasteiger partial charge < -0.3 is 9.73 Å². The van der Waals surface area contributed by atoms with Crippen LogP contribution in [0, 0.1) is 0 Å². The summed E-state index contributed by atoms with van der Waals surface area (Å²) in [4.78, 5) is 16.3. The lowest BCUT2D eigenvalue weighted by Gasteiger charge is -2.33. The Balaban J connectivity index is 1.37. The third-order valence-electron chi connectivity index (χ3n) is 3.73. The largest absolute Gasteiger partial charge is 0.468 e. The van der Waals surface area contributed by atoms with Crippen LogP contribution in [0.3, 0.4) is 0 Å². The maximum absolute atomic E-state index is 11.7. The normalized spacial score (nSPS) is 21.5. The number of hydrogen-bond donors (Lipinski definition) is 1. The molecule has 0 aromatic carbocycles. The van der Waals surface area contributed by atoms with Crippen molar-refractivity contribution in [2.24, 2.45) is 0 Å². The monoisotopic (exact) mass is 263 g/mol.